The third-order valence-corrected chi connectivity index (χ3v) is 5.37. The lowest BCUT2D eigenvalue weighted by atomic mass is 10.2. The Labute approximate surface area is 140 Å². The van der Waals surface area contributed by atoms with Crippen LogP contribution in [0, 0.1) is 0 Å². The van der Waals surface area contributed by atoms with Gasteiger partial charge < -0.3 is 9.64 Å². The van der Waals surface area contributed by atoms with Gasteiger partial charge in [0.15, 0.2) is 10.8 Å². The molecule has 6 nitrogen and oxygen atoms in total. The second-order valence-electron chi connectivity index (χ2n) is 5.21. The van der Waals surface area contributed by atoms with Crippen LogP contribution >= 0.6 is 11.6 Å². The van der Waals surface area contributed by atoms with Crippen molar-refractivity contribution < 1.29 is 13.2 Å². The minimum absolute atomic E-state index is 0.0236. The lowest BCUT2D eigenvalue weighted by Crippen LogP contribution is -2.36. The Bertz CT molecular complexity index is 758. The van der Waals surface area contributed by atoms with Gasteiger partial charge in [0.25, 0.3) is 0 Å². The number of nitrogens with zero attached hydrogens (tertiary/aromatic N) is 3. The Morgan fingerprint density at radius 1 is 1.04 bits per heavy atom. The Hall–Kier alpha value is -1.70. The van der Waals surface area contributed by atoms with Gasteiger partial charge in [-0.1, -0.05) is 23.7 Å². The number of aromatic nitrogens is 2. The molecule has 1 aliphatic rings. The third-order valence-electron chi connectivity index (χ3n) is 3.55. The molecule has 8 heteroatoms. The summed E-state index contributed by atoms with van der Waals surface area (Å²) in [6.45, 7) is 2.73. The van der Waals surface area contributed by atoms with E-state index >= 15 is 0 Å². The zero-order valence-electron chi connectivity index (χ0n) is 12.4. The molecule has 1 saturated heterocycles. The summed E-state index contributed by atoms with van der Waals surface area (Å²) in [5.74, 6) is 0.536. The normalized spacial score (nSPS) is 15.6. The lowest BCUT2D eigenvalue weighted by molar-refractivity contribution is 0.122. The quantitative estimate of drug-likeness (QED) is 0.836. The summed E-state index contributed by atoms with van der Waals surface area (Å²) in [5.41, 5.74) is 0.661. The molecule has 1 fully saturated rings. The maximum Gasteiger partial charge on any atom is 0.201 e. The first-order valence-electron chi connectivity index (χ1n) is 7.18. The second kappa shape index (κ2) is 6.82. The predicted octanol–water partition coefficient (Wildman–Crippen LogP) is 1.94. The van der Waals surface area contributed by atoms with Crippen molar-refractivity contribution in [3.8, 4) is 0 Å². The van der Waals surface area contributed by atoms with Gasteiger partial charge in [-0.25, -0.2) is 8.42 Å². The van der Waals surface area contributed by atoms with Crippen LogP contribution < -0.4 is 4.90 Å². The number of hydrogen-bond acceptors (Lipinski definition) is 6. The number of morpholine rings is 1. The summed E-state index contributed by atoms with van der Waals surface area (Å²) >= 11 is 5.81. The average Bonchev–Trinajstić information content (AvgIpc) is 2.58. The molecule has 0 radical (unpaired) electrons. The average molecular weight is 354 g/mol. The largest absolute Gasteiger partial charge is 0.378 e. The van der Waals surface area contributed by atoms with E-state index in [0.29, 0.717) is 29.6 Å². The third kappa shape index (κ3) is 3.99. The molecule has 0 spiro atoms. The Balaban J connectivity index is 1.75. The standard InChI is InChI=1S/C15H16ClN3O3S/c16-13-3-1-12(2-4-13)11-23(20,21)15-6-5-14(17-18-15)19-7-9-22-10-8-19/h1-6H,7-11H2. The van der Waals surface area contributed by atoms with Gasteiger partial charge in [0.05, 0.1) is 19.0 Å². The van der Waals surface area contributed by atoms with E-state index in [9.17, 15) is 8.42 Å². The zero-order valence-corrected chi connectivity index (χ0v) is 13.9. The van der Waals surface area contributed by atoms with Crippen LogP contribution in [0.3, 0.4) is 0 Å². The molecule has 1 aromatic heterocycles. The Morgan fingerprint density at radius 3 is 2.35 bits per heavy atom. The number of halogens is 1. The molecule has 0 saturated carbocycles. The van der Waals surface area contributed by atoms with Crippen LogP contribution in [-0.4, -0.2) is 44.9 Å². The number of rotatable bonds is 4. The highest BCUT2D eigenvalue weighted by atomic mass is 35.5. The van der Waals surface area contributed by atoms with Crippen LogP contribution in [0.5, 0.6) is 0 Å². The van der Waals surface area contributed by atoms with E-state index < -0.39 is 9.84 Å². The van der Waals surface area contributed by atoms with E-state index in [4.69, 9.17) is 16.3 Å². The number of hydrogen-bond donors (Lipinski definition) is 0. The molecule has 2 heterocycles. The van der Waals surface area contributed by atoms with Gasteiger partial charge in [0.2, 0.25) is 9.84 Å². The first-order valence-corrected chi connectivity index (χ1v) is 9.21. The lowest BCUT2D eigenvalue weighted by Gasteiger charge is -2.27. The van der Waals surface area contributed by atoms with Gasteiger partial charge in [0.1, 0.15) is 0 Å². The Kier molecular flexibility index (Phi) is 4.79. The number of anilines is 1. The van der Waals surface area contributed by atoms with Crippen molar-refractivity contribution in [3.05, 3.63) is 47.0 Å². The maximum atomic E-state index is 12.4. The molecule has 122 valence electrons. The summed E-state index contributed by atoms with van der Waals surface area (Å²) in [4.78, 5) is 2.02. The van der Waals surface area contributed by atoms with Crippen molar-refractivity contribution in [3.63, 3.8) is 0 Å². The summed E-state index contributed by atoms with van der Waals surface area (Å²) in [6.07, 6.45) is 0. The van der Waals surface area contributed by atoms with Crippen LogP contribution in [0.2, 0.25) is 5.02 Å². The molecule has 2 aromatic rings. The molecular formula is C15H16ClN3O3S. The monoisotopic (exact) mass is 353 g/mol. The predicted molar refractivity (Wildman–Crippen MR) is 87.4 cm³/mol. The molecule has 0 N–H and O–H groups in total. The smallest absolute Gasteiger partial charge is 0.201 e. The van der Waals surface area contributed by atoms with E-state index in [-0.39, 0.29) is 10.8 Å². The summed E-state index contributed by atoms with van der Waals surface area (Å²) < 4.78 is 30.1. The van der Waals surface area contributed by atoms with Gasteiger partial charge in [-0.05, 0) is 29.8 Å². The molecule has 0 amide bonds. The van der Waals surface area contributed by atoms with E-state index in [1.807, 2.05) is 4.90 Å². The highest BCUT2D eigenvalue weighted by Gasteiger charge is 2.19. The minimum atomic E-state index is -3.53. The van der Waals surface area contributed by atoms with Crippen molar-refractivity contribution in [1.82, 2.24) is 10.2 Å². The fraction of sp³-hybridized carbons (Fsp3) is 0.333. The van der Waals surface area contributed by atoms with Gasteiger partial charge in [-0.3, -0.25) is 0 Å². The van der Waals surface area contributed by atoms with Crippen LogP contribution in [0.1, 0.15) is 5.56 Å². The van der Waals surface area contributed by atoms with E-state index in [1.54, 1.807) is 30.3 Å². The van der Waals surface area contributed by atoms with Crippen molar-refractivity contribution in [1.29, 1.82) is 0 Å². The van der Waals surface area contributed by atoms with E-state index in [1.165, 1.54) is 6.07 Å². The van der Waals surface area contributed by atoms with Gasteiger partial charge >= 0.3 is 0 Å². The fourth-order valence-electron chi connectivity index (χ4n) is 2.31. The molecule has 0 aliphatic carbocycles. The molecule has 0 bridgehead atoms. The Morgan fingerprint density at radius 2 is 1.74 bits per heavy atom. The number of ether oxygens (including phenoxy) is 1. The molecule has 1 aromatic carbocycles. The molecule has 1 aliphatic heterocycles. The maximum absolute atomic E-state index is 12.4. The molecule has 23 heavy (non-hydrogen) atoms. The molecule has 0 atom stereocenters. The summed E-state index contributed by atoms with van der Waals surface area (Å²) in [7, 11) is -3.53. The van der Waals surface area contributed by atoms with Crippen LogP contribution in [0.25, 0.3) is 0 Å². The number of benzene rings is 1. The summed E-state index contributed by atoms with van der Waals surface area (Å²) in [5, 5.41) is 8.48. The number of sulfone groups is 1. The second-order valence-corrected chi connectivity index (χ2v) is 7.59. The van der Waals surface area contributed by atoms with Crippen molar-refractivity contribution in [2.45, 2.75) is 10.8 Å². The minimum Gasteiger partial charge on any atom is -0.378 e. The van der Waals surface area contributed by atoms with E-state index in [0.717, 1.165) is 13.1 Å². The highest BCUT2D eigenvalue weighted by Crippen LogP contribution is 2.18. The van der Waals surface area contributed by atoms with Crippen LogP contribution in [-0.2, 0) is 20.3 Å². The van der Waals surface area contributed by atoms with Crippen molar-refractivity contribution >= 4 is 27.3 Å². The van der Waals surface area contributed by atoms with Crippen molar-refractivity contribution in [2.24, 2.45) is 0 Å². The SMILES string of the molecule is O=S(=O)(Cc1ccc(Cl)cc1)c1ccc(N2CCOCC2)nn1. The first-order chi connectivity index (χ1) is 11.0. The van der Waals surface area contributed by atoms with Crippen LogP contribution in [0.4, 0.5) is 5.82 Å². The van der Waals surface area contributed by atoms with Crippen LogP contribution in [0.15, 0.2) is 41.4 Å². The topological polar surface area (TPSA) is 72.4 Å². The highest BCUT2D eigenvalue weighted by molar-refractivity contribution is 7.90. The van der Waals surface area contributed by atoms with Gasteiger partial charge in [0, 0.05) is 18.1 Å². The fourth-order valence-corrected chi connectivity index (χ4v) is 3.66. The zero-order chi connectivity index (χ0) is 16.3. The van der Waals surface area contributed by atoms with Crippen molar-refractivity contribution in [2.75, 3.05) is 31.2 Å². The van der Waals surface area contributed by atoms with Gasteiger partial charge in [-0.15, -0.1) is 10.2 Å². The van der Waals surface area contributed by atoms with E-state index in [2.05, 4.69) is 10.2 Å². The summed E-state index contributed by atoms with van der Waals surface area (Å²) in [6, 6.07) is 9.90. The first kappa shape index (κ1) is 16.2. The molecule has 3 rings (SSSR count). The van der Waals surface area contributed by atoms with Gasteiger partial charge in [-0.2, -0.15) is 0 Å². The molecular weight excluding hydrogens is 338 g/mol. The molecule has 0 unspecified atom stereocenters.